The van der Waals surface area contributed by atoms with Crippen molar-refractivity contribution >= 4 is 23.4 Å². The van der Waals surface area contributed by atoms with Gasteiger partial charge in [-0.15, -0.1) is 0 Å². The van der Waals surface area contributed by atoms with Crippen molar-refractivity contribution in [2.24, 2.45) is 0 Å². The second kappa shape index (κ2) is 3.63. The minimum Gasteiger partial charge on any atom is -0.387 e. The molecule has 0 spiro atoms. The van der Waals surface area contributed by atoms with Crippen molar-refractivity contribution in [2.45, 2.75) is 6.92 Å². The van der Waals surface area contributed by atoms with Crippen molar-refractivity contribution in [1.82, 2.24) is 0 Å². The van der Waals surface area contributed by atoms with Gasteiger partial charge in [0.25, 0.3) is 0 Å². The minimum absolute atomic E-state index is 0.751. The Morgan fingerprint density at radius 1 is 1.50 bits per heavy atom. The zero-order valence-electron chi connectivity index (χ0n) is 7.32. The van der Waals surface area contributed by atoms with Gasteiger partial charge >= 0.3 is 0 Å². The molecule has 2 heteroatoms. The van der Waals surface area contributed by atoms with Crippen LogP contribution in [0.2, 0.25) is 5.02 Å². The van der Waals surface area contributed by atoms with Crippen molar-refractivity contribution in [2.75, 3.05) is 12.4 Å². The SMILES string of the molecule is C=Cc1cc(Cl)cc(C)c1NC. The van der Waals surface area contributed by atoms with E-state index < -0.39 is 0 Å². The van der Waals surface area contributed by atoms with E-state index >= 15 is 0 Å². The van der Waals surface area contributed by atoms with Gasteiger partial charge in [0, 0.05) is 17.8 Å². The van der Waals surface area contributed by atoms with Gasteiger partial charge in [-0.1, -0.05) is 24.3 Å². The van der Waals surface area contributed by atoms with E-state index in [1.165, 1.54) is 0 Å². The molecule has 1 N–H and O–H groups in total. The van der Waals surface area contributed by atoms with Crippen LogP contribution in [-0.2, 0) is 0 Å². The van der Waals surface area contributed by atoms with Crippen molar-refractivity contribution in [3.8, 4) is 0 Å². The van der Waals surface area contributed by atoms with Crippen LogP contribution in [0.1, 0.15) is 11.1 Å². The van der Waals surface area contributed by atoms with E-state index in [1.807, 2.05) is 26.1 Å². The molecule has 0 aromatic heterocycles. The number of anilines is 1. The fraction of sp³-hybridized carbons (Fsp3) is 0.200. The molecule has 1 rings (SSSR count). The normalized spacial score (nSPS) is 9.58. The lowest BCUT2D eigenvalue weighted by molar-refractivity contribution is 1.39. The maximum atomic E-state index is 5.88. The van der Waals surface area contributed by atoms with E-state index in [2.05, 4.69) is 11.9 Å². The fourth-order valence-corrected chi connectivity index (χ4v) is 1.55. The van der Waals surface area contributed by atoms with E-state index in [0.29, 0.717) is 0 Å². The minimum atomic E-state index is 0.751. The molecule has 0 saturated carbocycles. The third kappa shape index (κ3) is 1.62. The Hall–Kier alpha value is -0.950. The summed E-state index contributed by atoms with van der Waals surface area (Å²) in [5, 5.41) is 3.86. The molecule has 0 aliphatic rings. The highest BCUT2D eigenvalue weighted by atomic mass is 35.5. The topological polar surface area (TPSA) is 12.0 Å². The third-order valence-electron chi connectivity index (χ3n) is 1.80. The van der Waals surface area contributed by atoms with Crippen molar-refractivity contribution in [3.63, 3.8) is 0 Å². The zero-order chi connectivity index (χ0) is 9.14. The van der Waals surface area contributed by atoms with Gasteiger partial charge in [-0.25, -0.2) is 0 Å². The van der Waals surface area contributed by atoms with Crippen LogP contribution in [0.3, 0.4) is 0 Å². The van der Waals surface area contributed by atoms with Gasteiger partial charge in [0.2, 0.25) is 0 Å². The Balaban J connectivity index is 3.33. The van der Waals surface area contributed by atoms with E-state index in [1.54, 1.807) is 6.08 Å². The molecule has 1 aromatic rings. The molecule has 0 amide bonds. The number of benzene rings is 1. The summed E-state index contributed by atoms with van der Waals surface area (Å²) in [6.07, 6.45) is 1.80. The van der Waals surface area contributed by atoms with Gasteiger partial charge in [-0.2, -0.15) is 0 Å². The lowest BCUT2D eigenvalue weighted by Gasteiger charge is -2.09. The van der Waals surface area contributed by atoms with Crippen LogP contribution in [0.5, 0.6) is 0 Å². The molecule has 0 bridgehead atoms. The van der Waals surface area contributed by atoms with Crippen LogP contribution >= 0.6 is 11.6 Å². The fourth-order valence-electron chi connectivity index (χ4n) is 1.27. The summed E-state index contributed by atoms with van der Waals surface area (Å²) >= 11 is 5.88. The standard InChI is InChI=1S/C10H12ClN/c1-4-8-6-9(11)5-7(2)10(8)12-3/h4-6,12H,1H2,2-3H3. The van der Waals surface area contributed by atoms with E-state index in [0.717, 1.165) is 21.8 Å². The average molecular weight is 182 g/mol. The highest BCUT2D eigenvalue weighted by Gasteiger charge is 2.02. The summed E-state index contributed by atoms with van der Waals surface area (Å²) in [5.74, 6) is 0. The molecule has 1 nitrogen and oxygen atoms in total. The number of rotatable bonds is 2. The van der Waals surface area contributed by atoms with Gasteiger partial charge in [0.1, 0.15) is 0 Å². The first-order chi connectivity index (χ1) is 5.69. The number of hydrogen-bond acceptors (Lipinski definition) is 1. The van der Waals surface area contributed by atoms with Gasteiger partial charge in [0.15, 0.2) is 0 Å². The molecular weight excluding hydrogens is 170 g/mol. The van der Waals surface area contributed by atoms with Gasteiger partial charge in [-0.05, 0) is 30.2 Å². The molecule has 0 fully saturated rings. The van der Waals surface area contributed by atoms with Crippen LogP contribution in [0.4, 0.5) is 5.69 Å². The molecule has 0 aliphatic carbocycles. The second-order valence-electron chi connectivity index (χ2n) is 2.64. The first kappa shape index (κ1) is 9.14. The lowest BCUT2D eigenvalue weighted by Crippen LogP contribution is -1.94. The van der Waals surface area contributed by atoms with Crippen LogP contribution in [0.25, 0.3) is 6.08 Å². The summed E-state index contributed by atoms with van der Waals surface area (Å²) in [5.41, 5.74) is 3.27. The molecule has 12 heavy (non-hydrogen) atoms. The summed E-state index contributed by atoms with van der Waals surface area (Å²) in [4.78, 5) is 0. The highest BCUT2D eigenvalue weighted by Crippen LogP contribution is 2.25. The molecule has 0 atom stereocenters. The summed E-state index contributed by atoms with van der Waals surface area (Å²) in [6, 6.07) is 3.83. The van der Waals surface area contributed by atoms with Crippen molar-refractivity contribution in [1.29, 1.82) is 0 Å². The Labute approximate surface area is 78.1 Å². The first-order valence-electron chi connectivity index (χ1n) is 3.79. The smallest absolute Gasteiger partial charge is 0.0441 e. The van der Waals surface area contributed by atoms with E-state index in [-0.39, 0.29) is 0 Å². The lowest BCUT2D eigenvalue weighted by atomic mass is 10.1. The van der Waals surface area contributed by atoms with Crippen molar-refractivity contribution < 1.29 is 0 Å². The highest BCUT2D eigenvalue weighted by molar-refractivity contribution is 6.31. The van der Waals surface area contributed by atoms with E-state index in [9.17, 15) is 0 Å². The average Bonchev–Trinajstić information content (AvgIpc) is 2.03. The Kier molecular flexibility index (Phi) is 2.77. The Morgan fingerprint density at radius 3 is 2.67 bits per heavy atom. The van der Waals surface area contributed by atoms with Crippen LogP contribution in [-0.4, -0.2) is 7.05 Å². The molecule has 0 radical (unpaired) electrons. The van der Waals surface area contributed by atoms with Gasteiger partial charge < -0.3 is 5.32 Å². The van der Waals surface area contributed by atoms with Crippen LogP contribution in [0, 0.1) is 6.92 Å². The maximum absolute atomic E-state index is 5.88. The Bertz CT molecular complexity index is 305. The molecule has 1 aromatic carbocycles. The molecule has 64 valence electrons. The predicted octanol–water partition coefficient (Wildman–Crippen LogP) is 3.33. The summed E-state index contributed by atoms with van der Waals surface area (Å²) in [6.45, 7) is 5.74. The van der Waals surface area contributed by atoms with E-state index in [4.69, 9.17) is 11.6 Å². The molecular formula is C10H12ClN. The molecule has 0 saturated heterocycles. The quantitative estimate of drug-likeness (QED) is 0.738. The zero-order valence-corrected chi connectivity index (χ0v) is 8.07. The number of halogens is 1. The molecule has 0 unspecified atom stereocenters. The summed E-state index contributed by atoms with van der Waals surface area (Å²) in [7, 11) is 1.89. The second-order valence-corrected chi connectivity index (χ2v) is 3.08. The molecule has 0 heterocycles. The number of nitrogens with one attached hydrogen (secondary N) is 1. The number of hydrogen-bond donors (Lipinski definition) is 1. The summed E-state index contributed by atoms with van der Waals surface area (Å²) < 4.78 is 0. The third-order valence-corrected chi connectivity index (χ3v) is 2.02. The van der Waals surface area contributed by atoms with Gasteiger partial charge in [-0.3, -0.25) is 0 Å². The largest absolute Gasteiger partial charge is 0.387 e. The maximum Gasteiger partial charge on any atom is 0.0441 e. The Morgan fingerprint density at radius 2 is 2.17 bits per heavy atom. The predicted molar refractivity (Wildman–Crippen MR) is 55.8 cm³/mol. The molecule has 0 aliphatic heterocycles. The van der Waals surface area contributed by atoms with Crippen LogP contribution in [0.15, 0.2) is 18.7 Å². The number of aryl methyl sites for hydroxylation is 1. The van der Waals surface area contributed by atoms with Crippen LogP contribution < -0.4 is 5.32 Å². The van der Waals surface area contributed by atoms with Crippen molar-refractivity contribution in [3.05, 3.63) is 34.9 Å². The first-order valence-corrected chi connectivity index (χ1v) is 4.17. The monoisotopic (exact) mass is 181 g/mol. The van der Waals surface area contributed by atoms with Gasteiger partial charge in [0.05, 0.1) is 0 Å².